The molecule has 0 saturated carbocycles. The summed E-state index contributed by atoms with van der Waals surface area (Å²) in [5.74, 6) is 0.575. The number of pyridine rings is 2. The largest absolute Gasteiger partial charge is 1.00 e. The number of nitrogens with zero attached hydrogens (tertiary/aromatic N) is 2. The van der Waals surface area contributed by atoms with Crippen molar-refractivity contribution in [1.82, 2.24) is 4.98 Å². The molecule has 5 heteroatoms. The molecule has 0 atom stereocenters. The Morgan fingerprint density at radius 1 is 1.00 bits per heavy atom. The van der Waals surface area contributed by atoms with Gasteiger partial charge < -0.3 is 26.8 Å². The molecule has 0 unspecified atom stereocenters. The van der Waals surface area contributed by atoms with Crippen molar-refractivity contribution in [3.8, 4) is 17.1 Å². The summed E-state index contributed by atoms with van der Waals surface area (Å²) in [6.45, 7) is 0.734. The summed E-state index contributed by atoms with van der Waals surface area (Å²) < 4.78 is 7.26. The first-order chi connectivity index (χ1) is 11.3. The third-order valence-electron chi connectivity index (χ3n) is 3.60. The van der Waals surface area contributed by atoms with Gasteiger partial charge in [0.25, 0.3) is 0 Å². The molecule has 0 amide bonds. The van der Waals surface area contributed by atoms with Gasteiger partial charge in [-0.25, -0.2) is 4.98 Å². The van der Waals surface area contributed by atoms with Crippen molar-refractivity contribution in [1.29, 1.82) is 0 Å². The summed E-state index contributed by atoms with van der Waals surface area (Å²) in [5, 5.41) is 9.54. The van der Waals surface area contributed by atoms with Gasteiger partial charge in [0.15, 0.2) is 18.9 Å². The SMILES string of the molecule is COc1cccc(-c2cc(CO)c[n+](Cc3ccccc3)c2)n1.[Br-]. The van der Waals surface area contributed by atoms with E-state index >= 15 is 0 Å². The van der Waals surface area contributed by atoms with Crippen LogP contribution in [0.4, 0.5) is 0 Å². The zero-order chi connectivity index (χ0) is 16.1. The van der Waals surface area contributed by atoms with Crippen molar-refractivity contribution >= 4 is 0 Å². The molecule has 3 rings (SSSR count). The average molecular weight is 387 g/mol. The Balaban J connectivity index is 0.00000208. The van der Waals surface area contributed by atoms with E-state index in [2.05, 4.69) is 21.7 Å². The lowest BCUT2D eigenvalue weighted by atomic mass is 10.1. The number of aliphatic hydroxyl groups excluding tert-OH is 1. The number of halogens is 1. The van der Waals surface area contributed by atoms with Gasteiger partial charge in [-0.05, 0) is 12.1 Å². The Morgan fingerprint density at radius 3 is 2.50 bits per heavy atom. The van der Waals surface area contributed by atoms with Crippen LogP contribution in [0.5, 0.6) is 5.88 Å². The van der Waals surface area contributed by atoms with Gasteiger partial charge in [-0.15, -0.1) is 0 Å². The third-order valence-corrected chi connectivity index (χ3v) is 3.60. The van der Waals surface area contributed by atoms with E-state index in [0.29, 0.717) is 5.88 Å². The van der Waals surface area contributed by atoms with Crippen molar-refractivity contribution in [2.24, 2.45) is 0 Å². The highest BCUT2D eigenvalue weighted by Crippen LogP contribution is 2.19. The maximum absolute atomic E-state index is 9.54. The van der Waals surface area contributed by atoms with Crippen molar-refractivity contribution < 1.29 is 31.4 Å². The van der Waals surface area contributed by atoms with Gasteiger partial charge in [0.2, 0.25) is 5.88 Å². The normalized spacial score (nSPS) is 10.1. The molecule has 0 aliphatic carbocycles. The summed E-state index contributed by atoms with van der Waals surface area (Å²) in [5.41, 5.74) is 3.83. The van der Waals surface area contributed by atoms with Gasteiger partial charge in [-0.3, -0.25) is 0 Å². The van der Waals surface area contributed by atoms with Gasteiger partial charge >= 0.3 is 0 Å². The van der Waals surface area contributed by atoms with Crippen LogP contribution in [0, 0.1) is 0 Å². The molecule has 1 aromatic carbocycles. The summed E-state index contributed by atoms with van der Waals surface area (Å²) in [7, 11) is 1.60. The van der Waals surface area contributed by atoms with Crippen LogP contribution < -0.4 is 26.3 Å². The number of aliphatic hydroxyl groups is 1. The molecule has 0 fully saturated rings. The minimum atomic E-state index is -0.00734. The standard InChI is InChI=1S/C19H19N2O2.BrH/c1-23-19-9-5-8-18(20-19)17-10-16(14-22)12-21(13-17)11-15-6-3-2-4-7-15;/h2-10,12-13,22H,11,14H2,1H3;1H/q+1;/p-1. The molecule has 0 aliphatic heterocycles. The molecule has 24 heavy (non-hydrogen) atoms. The second-order valence-corrected chi connectivity index (χ2v) is 5.31. The predicted molar refractivity (Wildman–Crippen MR) is 87.9 cm³/mol. The smallest absolute Gasteiger partial charge is 0.213 e. The maximum atomic E-state index is 9.54. The van der Waals surface area contributed by atoms with Gasteiger partial charge in [0.1, 0.15) is 0 Å². The first-order valence-corrected chi connectivity index (χ1v) is 7.47. The minimum Gasteiger partial charge on any atom is -1.00 e. The summed E-state index contributed by atoms with van der Waals surface area (Å²) in [6.07, 6.45) is 3.99. The Labute approximate surface area is 152 Å². The van der Waals surface area contributed by atoms with Crippen LogP contribution in [0.1, 0.15) is 11.1 Å². The van der Waals surface area contributed by atoms with E-state index in [4.69, 9.17) is 4.74 Å². The van der Waals surface area contributed by atoms with Gasteiger partial charge in [0.05, 0.1) is 25.0 Å². The van der Waals surface area contributed by atoms with Gasteiger partial charge in [0, 0.05) is 17.2 Å². The summed E-state index contributed by atoms with van der Waals surface area (Å²) in [4.78, 5) is 4.47. The van der Waals surface area contributed by atoms with E-state index < -0.39 is 0 Å². The molecule has 124 valence electrons. The second-order valence-electron chi connectivity index (χ2n) is 5.31. The summed E-state index contributed by atoms with van der Waals surface area (Å²) in [6, 6.07) is 17.8. The third kappa shape index (κ3) is 4.40. The topological polar surface area (TPSA) is 46.2 Å². The highest BCUT2D eigenvalue weighted by Gasteiger charge is 2.11. The van der Waals surface area contributed by atoms with Crippen LogP contribution in [0.15, 0.2) is 67.0 Å². The molecule has 0 radical (unpaired) electrons. The summed E-state index contributed by atoms with van der Waals surface area (Å²) >= 11 is 0. The average Bonchev–Trinajstić information content (AvgIpc) is 2.62. The number of rotatable bonds is 5. The molecule has 3 aromatic rings. The molecule has 0 spiro atoms. The zero-order valence-electron chi connectivity index (χ0n) is 13.4. The molecule has 2 aromatic heterocycles. The van der Waals surface area contributed by atoms with Crippen LogP contribution in [-0.2, 0) is 13.2 Å². The fourth-order valence-electron chi connectivity index (χ4n) is 2.50. The minimum absolute atomic E-state index is 0. The highest BCUT2D eigenvalue weighted by atomic mass is 79.9. The second kappa shape index (κ2) is 8.57. The van der Waals surface area contributed by atoms with Crippen LogP contribution in [0.25, 0.3) is 11.3 Å². The molecule has 0 aliphatic rings. The Bertz CT molecular complexity index is 794. The Kier molecular flexibility index (Phi) is 6.46. The zero-order valence-corrected chi connectivity index (χ0v) is 15.0. The van der Waals surface area contributed by atoms with Gasteiger partial charge in [-0.2, -0.15) is 4.57 Å². The number of aromatic nitrogens is 2. The molecular weight excluding hydrogens is 368 g/mol. The lowest BCUT2D eigenvalue weighted by Gasteiger charge is -2.06. The molecule has 4 nitrogen and oxygen atoms in total. The van der Waals surface area contributed by atoms with Crippen LogP contribution in [-0.4, -0.2) is 17.2 Å². The molecule has 0 bridgehead atoms. The number of methoxy groups -OCH3 is 1. The van der Waals surface area contributed by atoms with E-state index in [0.717, 1.165) is 23.4 Å². The van der Waals surface area contributed by atoms with E-state index in [9.17, 15) is 5.11 Å². The lowest BCUT2D eigenvalue weighted by molar-refractivity contribution is -0.688. The van der Waals surface area contributed by atoms with Crippen molar-refractivity contribution in [3.63, 3.8) is 0 Å². The van der Waals surface area contributed by atoms with Gasteiger partial charge in [-0.1, -0.05) is 36.4 Å². The number of hydrogen-bond acceptors (Lipinski definition) is 3. The predicted octanol–water partition coefficient (Wildman–Crippen LogP) is -0.411. The number of benzene rings is 1. The number of hydrogen-bond donors (Lipinski definition) is 1. The lowest BCUT2D eigenvalue weighted by Crippen LogP contribution is -3.00. The van der Waals surface area contributed by atoms with E-state index in [1.807, 2.05) is 54.9 Å². The fourth-order valence-corrected chi connectivity index (χ4v) is 2.50. The van der Waals surface area contributed by atoms with Crippen molar-refractivity contribution in [2.45, 2.75) is 13.2 Å². The quantitative estimate of drug-likeness (QED) is 0.606. The van der Waals surface area contributed by atoms with E-state index in [1.54, 1.807) is 7.11 Å². The molecule has 2 heterocycles. The van der Waals surface area contributed by atoms with E-state index in [1.165, 1.54) is 5.56 Å². The first kappa shape index (κ1) is 18.1. The molecule has 1 N–H and O–H groups in total. The number of ether oxygens (including phenoxy) is 1. The van der Waals surface area contributed by atoms with E-state index in [-0.39, 0.29) is 23.6 Å². The Hall–Kier alpha value is -2.24. The van der Waals surface area contributed by atoms with Crippen LogP contribution in [0.3, 0.4) is 0 Å². The highest BCUT2D eigenvalue weighted by molar-refractivity contribution is 5.58. The van der Waals surface area contributed by atoms with Crippen LogP contribution >= 0.6 is 0 Å². The monoisotopic (exact) mass is 386 g/mol. The fraction of sp³-hybridized carbons (Fsp3) is 0.158. The van der Waals surface area contributed by atoms with Crippen LogP contribution in [0.2, 0.25) is 0 Å². The molecule has 0 saturated heterocycles. The molecular formula is C19H19BrN2O2. The van der Waals surface area contributed by atoms with Crippen molar-refractivity contribution in [3.05, 3.63) is 78.1 Å². The first-order valence-electron chi connectivity index (χ1n) is 7.47. The maximum Gasteiger partial charge on any atom is 0.213 e. The Morgan fingerprint density at radius 2 is 1.79 bits per heavy atom. The van der Waals surface area contributed by atoms with Crippen molar-refractivity contribution in [2.75, 3.05) is 7.11 Å².